The third-order valence-electron chi connectivity index (χ3n) is 7.72. The van der Waals surface area contributed by atoms with E-state index in [2.05, 4.69) is 62.6 Å². The van der Waals surface area contributed by atoms with E-state index >= 15 is 0 Å². The van der Waals surface area contributed by atoms with E-state index in [1.54, 1.807) is 0 Å². The van der Waals surface area contributed by atoms with Crippen molar-refractivity contribution in [1.29, 1.82) is 0 Å². The molecule has 0 saturated carbocycles. The Balaban J connectivity index is 1.18. The number of aromatic nitrogens is 1. The smallest absolute Gasteiger partial charge is 0.326 e. The fraction of sp³-hybridized carbons (Fsp3) is 0.300. The predicted octanol–water partition coefficient (Wildman–Crippen LogP) is 5.65. The number of rotatable bonds is 4. The molecule has 0 aliphatic carbocycles. The van der Waals surface area contributed by atoms with Gasteiger partial charge in [-0.3, -0.25) is 9.80 Å². The maximum absolute atomic E-state index is 13.7. The van der Waals surface area contributed by atoms with Gasteiger partial charge in [-0.05, 0) is 61.2 Å². The normalized spacial score (nSPS) is 18.3. The molecule has 1 atom stereocenters. The SMILES string of the molecule is Cc1ccccc1NC(=O)N1c2ccccc2CCC1CN1CCN(c2cccc3[nH]ccc23)CC1. The van der Waals surface area contributed by atoms with Crippen LogP contribution < -0.4 is 15.1 Å². The van der Waals surface area contributed by atoms with Crippen LogP contribution in [0.2, 0.25) is 0 Å². The molecule has 184 valence electrons. The van der Waals surface area contributed by atoms with Crippen LogP contribution in [0.4, 0.5) is 21.9 Å². The topological polar surface area (TPSA) is 54.6 Å². The Hall–Kier alpha value is -3.77. The molecule has 36 heavy (non-hydrogen) atoms. The number of benzene rings is 3. The second-order valence-electron chi connectivity index (χ2n) is 9.94. The molecule has 6 nitrogen and oxygen atoms in total. The van der Waals surface area contributed by atoms with Crippen LogP contribution in [0.3, 0.4) is 0 Å². The number of aryl methyl sites for hydroxylation is 2. The van der Waals surface area contributed by atoms with E-state index in [0.717, 1.165) is 62.5 Å². The van der Waals surface area contributed by atoms with Crippen LogP contribution in [-0.4, -0.2) is 54.7 Å². The quantitative estimate of drug-likeness (QED) is 0.398. The van der Waals surface area contributed by atoms with Crippen molar-refractivity contribution >= 4 is 34.0 Å². The number of carbonyl (C=O) groups excluding carboxylic acids is 1. The van der Waals surface area contributed by atoms with Gasteiger partial charge in [0.05, 0.1) is 6.04 Å². The summed E-state index contributed by atoms with van der Waals surface area (Å²) < 4.78 is 0. The van der Waals surface area contributed by atoms with Crippen molar-refractivity contribution < 1.29 is 4.79 Å². The van der Waals surface area contributed by atoms with E-state index in [0.29, 0.717) is 0 Å². The molecule has 2 aliphatic heterocycles. The highest BCUT2D eigenvalue weighted by molar-refractivity contribution is 6.03. The number of para-hydroxylation sites is 2. The fourth-order valence-corrected chi connectivity index (χ4v) is 5.76. The Labute approximate surface area is 212 Å². The number of anilines is 3. The highest BCUT2D eigenvalue weighted by atomic mass is 16.2. The van der Waals surface area contributed by atoms with Crippen LogP contribution in [0, 0.1) is 6.92 Å². The molecule has 1 aromatic heterocycles. The summed E-state index contributed by atoms with van der Waals surface area (Å²) in [5.74, 6) is 0. The van der Waals surface area contributed by atoms with E-state index in [1.807, 2.05) is 48.4 Å². The summed E-state index contributed by atoms with van der Waals surface area (Å²) in [7, 11) is 0. The summed E-state index contributed by atoms with van der Waals surface area (Å²) in [5.41, 5.74) is 6.72. The molecule has 3 heterocycles. The van der Waals surface area contributed by atoms with E-state index in [-0.39, 0.29) is 12.1 Å². The molecule has 0 bridgehead atoms. The standard InChI is InChI=1S/C30H33N5O/c1-22-7-2-4-9-26(22)32-30(36)35-24(14-13-23-8-3-5-11-28(23)35)21-33-17-19-34(20-18-33)29-12-6-10-27-25(29)15-16-31-27/h2-12,15-16,24,31H,13-14,17-21H2,1H3,(H,32,36). The number of piperazine rings is 1. The molecule has 3 aromatic carbocycles. The minimum atomic E-state index is -0.0424. The molecule has 6 heteroatoms. The number of nitrogens with zero attached hydrogens (tertiary/aromatic N) is 3. The Morgan fingerprint density at radius 1 is 0.917 bits per heavy atom. The lowest BCUT2D eigenvalue weighted by molar-refractivity contribution is 0.225. The molecule has 2 amide bonds. The van der Waals surface area contributed by atoms with Gasteiger partial charge in [-0.2, -0.15) is 0 Å². The molecule has 1 fully saturated rings. The number of amides is 2. The second-order valence-corrected chi connectivity index (χ2v) is 9.94. The lowest BCUT2D eigenvalue weighted by atomic mass is 9.95. The monoisotopic (exact) mass is 479 g/mol. The summed E-state index contributed by atoms with van der Waals surface area (Å²) in [6.45, 7) is 6.88. The van der Waals surface area contributed by atoms with Crippen molar-refractivity contribution in [2.24, 2.45) is 0 Å². The Morgan fingerprint density at radius 2 is 1.69 bits per heavy atom. The molecule has 1 unspecified atom stereocenters. The minimum Gasteiger partial charge on any atom is -0.368 e. The van der Waals surface area contributed by atoms with E-state index < -0.39 is 0 Å². The highest BCUT2D eigenvalue weighted by Crippen LogP contribution is 2.33. The van der Waals surface area contributed by atoms with Crippen molar-refractivity contribution in [2.45, 2.75) is 25.8 Å². The van der Waals surface area contributed by atoms with Gasteiger partial charge in [0, 0.05) is 66.9 Å². The summed E-state index contributed by atoms with van der Waals surface area (Å²) >= 11 is 0. The number of hydrogen-bond acceptors (Lipinski definition) is 3. The van der Waals surface area contributed by atoms with Gasteiger partial charge in [-0.1, -0.05) is 42.5 Å². The van der Waals surface area contributed by atoms with Crippen LogP contribution in [0.15, 0.2) is 79.0 Å². The maximum atomic E-state index is 13.7. The zero-order valence-electron chi connectivity index (χ0n) is 20.8. The van der Waals surface area contributed by atoms with Crippen LogP contribution in [0.1, 0.15) is 17.5 Å². The van der Waals surface area contributed by atoms with E-state index in [4.69, 9.17) is 0 Å². The first-order valence-electron chi connectivity index (χ1n) is 12.9. The summed E-state index contributed by atoms with van der Waals surface area (Å²) in [6, 6.07) is 25.1. The second kappa shape index (κ2) is 9.70. The van der Waals surface area contributed by atoms with Gasteiger partial charge in [0.15, 0.2) is 0 Å². The van der Waals surface area contributed by atoms with Gasteiger partial charge in [-0.25, -0.2) is 4.79 Å². The molecule has 0 spiro atoms. The fourth-order valence-electron chi connectivity index (χ4n) is 5.76. The van der Waals surface area contributed by atoms with Crippen LogP contribution in [0.5, 0.6) is 0 Å². The molecule has 0 radical (unpaired) electrons. The Kier molecular flexibility index (Phi) is 6.11. The molecule has 2 aliphatic rings. The van der Waals surface area contributed by atoms with Gasteiger partial charge >= 0.3 is 6.03 Å². The summed E-state index contributed by atoms with van der Waals surface area (Å²) in [5, 5.41) is 4.47. The molecular formula is C30H33N5O. The van der Waals surface area contributed by atoms with Crippen LogP contribution >= 0.6 is 0 Å². The first kappa shape index (κ1) is 22.7. The van der Waals surface area contributed by atoms with Crippen molar-refractivity contribution in [2.75, 3.05) is 47.8 Å². The third-order valence-corrected chi connectivity index (χ3v) is 7.72. The van der Waals surface area contributed by atoms with Crippen molar-refractivity contribution in [1.82, 2.24) is 9.88 Å². The highest BCUT2D eigenvalue weighted by Gasteiger charge is 2.33. The number of aromatic amines is 1. The van der Waals surface area contributed by atoms with Crippen molar-refractivity contribution in [3.8, 4) is 0 Å². The lowest BCUT2D eigenvalue weighted by Crippen LogP contribution is -2.55. The first-order chi connectivity index (χ1) is 17.7. The average molecular weight is 480 g/mol. The van der Waals surface area contributed by atoms with Crippen LogP contribution in [-0.2, 0) is 6.42 Å². The molecular weight excluding hydrogens is 446 g/mol. The molecule has 4 aromatic rings. The Bertz CT molecular complexity index is 1370. The number of hydrogen-bond donors (Lipinski definition) is 2. The van der Waals surface area contributed by atoms with Crippen molar-refractivity contribution in [3.05, 3.63) is 90.1 Å². The van der Waals surface area contributed by atoms with E-state index in [1.165, 1.54) is 22.2 Å². The number of carbonyl (C=O) groups is 1. The maximum Gasteiger partial charge on any atom is 0.326 e. The third kappa shape index (κ3) is 4.33. The molecule has 6 rings (SSSR count). The van der Waals surface area contributed by atoms with Gasteiger partial charge in [-0.15, -0.1) is 0 Å². The first-order valence-corrected chi connectivity index (χ1v) is 12.9. The summed E-state index contributed by atoms with van der Waals surface area (Å²) in [6.07, 6.45) is 3.99. The zero-order chi connectivity index (χ0) is 24.5. The van der Waals surface area contributed by atoms with Gasteiger partial charge in [0.2, 0.25) is 0 Å². The zero-order valence-corrected chi connectivity index (χ0v) is 20.8. The van der Waals surface area contributed by atoms with Crippen LogP contribution in [0.25, 0.3) is 10.9 Å². The van der Waals surface area contributed by atoms with Crippen molar-refractivity contribution in [3.63, 3.8) is 0 Å². The van der Waals surface area contributed by atoms with Gasteiger partial charge in [0.1, 0.15) is 0 Å². The molecule has 1 saturated heterocycles. The molecule has 2 N–H and O–H groups in total. The number of fused-ring (bicyclic) bond motifs is 2. The Morgan fingerprint density at radius 3 is 2.56 bits per heavy atom. The van der Waals surface area contributed by atoms with E-state index in [9.17, 15) is 4.79 Å². The number of nitrogens with one attached hydrogen (secondary N) is 2. The predicted molar refractivity (Wildman–Crippen MR) is 148 cm³/mol. The number of urea groups is 1. The summed E-state index contributed by atoms with van der Waals surface area (Å²) in [4.78, 5) is 24.0. The largest absolute Gasteiger partial charge is 0.368 e. The average Bonchev–Trinajstić information content (AvgIpc) is 3.39. The lowest BCUT2D eigenvalue weighted by Gasteiger charge is -2.42. The number of H-pyrrole nitrogens is 1. The van der Waals surface area contributed by atoms with Gasteiger partial charge in [0.25, 0.3) is 0 Å². The van der Waals surface area contributed by atoms with Gasteiger partial charge < -0.3 is 15.2 Å². The minimum absolute atomic E-state index is 0.0424.